The van der Waals surface area contributed by atoms with Crippen LogP contribution in [-0.4, -0.2) is 37.9 Å². The highest BCUT2D eigenvalue weighted by atomic mass is 32.5. The van der Waals surface area contributed by atoms with E-state index < -0.39 is 30.0 Å². The molecule has 142 valence electrons. The predicted octanol–water partition coefficient (Wildman–Crippen LogP) is 3.71. The molecule has 0 aromatic heterocycles. The third-order valence-corrected chi connectivity index (χ3v) is 8.49. The Bertz CT molecular complexity index is 825. The molecule has 1 N–H and O–H groups in total. The molecule has 2 bridgehead atoms. The molecule has 0 unspecified atom stereocenters. The third-order valence-electron chi connectivity index (χ3n) is 5.52. The maximum Gasteiger partial charge on any atom is 0.310 e. The minimum atomic E-state index is -9.92. The van der Waals surface area contributed by atoms with Crippen molar-refractivity contribution < 1.29 is 27.8 Å². The lowest BCUT2D eigenvalue weighted by molar-refractivity contribution is 0.354. The lowest BCUT2D eigenvalue weighted by Gasteiger charge is -2.40. The first kappa shape index (κ1) is 17.5. The van der Waals surface area contributed by atoms with E-state index in [1.54, 1.807) is 0 Å². The van der Waals surface area contributed by atoms with Gasteiger partial charge in [0.15, 0.2) is 0 Å². The Kier molecular flexibility index (Phi) is 3.14. The zero-order valence-corrected chi connectivity index (χ0v) is 14.6. The fraction of sp³-hybridized carbons (Fsp3) is 0.571. The van der Waals surface area contributed by atoms with Crippen molar-refractivity contribution >= 4 is 20.2 Å². The molecule has 3 aliphatic rings. The molecule has 0 saturated carbocycles. The van der Waals surface area contributed by atoms with Gasteiger partial charge in [-0.2, -0.15) is 4.31 Å². The van der Waals surface area contributed by atoms with Gasteiger partial charge in [0.1, 0.15) is 4.90 Å². The van der Waals surface area contributed by atoms with Gasteiger partial charge in [0.25, 0.3) is 0 Å². The number of fused-ring (bicyclic) bond motifs is 5. The van der Waals surface area contributed by atoms with E-state index in [-0.39, 0.29) is 49.1 Å². The van der Waals surface area contributed by atoms with Gasteiger partial charge in [-0.1, -0.05) is 25.5 Å². The first-order valence-electron chi connectivity index (χ1n) is 7.86. The van der Waals surface area contributed by atoms with E-state index in [2.05, 4.69) is 5.32 Å². The van der Waals surface area contributed by atoms with E-state index in [9.17, 15) is 27.8 Å². The fourth-order valence-electron chi connectivity index (χ4n) is 4.36. The van der Waals surface area contributed by atoms with Gasteiger partial charge in [-0.15, -0.1) is 0 Å². The van der Waals surface area contributed by atoms with Gasteiger partial charge >= 0.3 is 10.2 Å². The number of nitrogens with zero attached hydrogens (tertiary/aromatic N) is 1. The third kappa shape index (κ3) is 2.84. The number of hydrogen-bond donors (Lipinski definition) is 1. The first-order valence-corrected chi connectivity index (χ1v) is 11.3. The number of benzene rings is 1. The normalized spacial score (nSPS) is 35.4. The van der Waals surface area contributed by atoms with Gasteiger partial charge in [0, 0.05) is 25.2 Å². The average molecular weight is 404 g/mol. The van der Waals surface area contributed by atoms with Gasteiger partial charge < -0.3 is 5.32 Å². The molecule has 1 aromatic carbocycles. The summed E-state index contributed by atoms with van der Waals surface area (Å²) in [7, 11) is -14.2. The molecular weight excluding hydrogens is 387 g/mol. The van der Waals surface area contributed by atoms with Crippen LogP contribution in [0.15, 0.2) is 34.1 Å². The van der Waals surface area contributed by atoms with Crippen LogP contribution in [0.5, 0.6) is 0 Å². The van der Waals surface area contributed by atoms with Crippen molar-refractivity contribution in [3.05, 3.63) is 24.3 Å². The SMILES string of the molecule is O=S(=O)(c1cccc(S(F)(F)(F)(F)F)c1)N1C[C@@H]2[C@H](C1)[C@@H]1CC[C@H]2N1. The van der Waals surface area contributed by atoms with Crippen LogP contribution >= 0.6 is 10.2 Å². The molecule has 0 spiro atoms. The first-order chi connectivity index (χ1) is 11.3. The van der Waals surface area contributed by atoms with E-state index in [0.717, 1.165) is 23.2 Å². The van der Waals surface area contributed by atoms with Crippen LogP contribution in [0.4, 0.5) is 19.4 Å². The van der Waals surface area contributed by atoms with Crippen molar-refractivity contribution in [1.29, 1.82) is 0 Å². The zero-order chi connectivity index (χ0) is 18.3. The second-order valence-corrected chi connectivity index (χ2v) is 11.4. The molecule has 1 aromatic rings. The highest BCUT2D eigenvalue weighted by Crippen LogP contribution is 3.02. The predicted molar refractivity (Wildman–Crippen MR) is 83.5 cm³/mol. The highest BCUT2D eigenvalue weighted by molar-refractivity contribution is 8.45. The second-order valence-electron chi connectivity index (χ2n) is 7.05. The van der Waals surface area contributed by atoms with Crippen molar-refractivity contribution in [2.45, 2.75) is 34.7 Å². The summed E-state index contributed by atoms with van der Waals surface area (Å²) in [5.41, 5.74) is 0. The van der Waals surface area contributed by atoms with Crippen LogP contribution < -0.4 is 5.32 Å². The fourth-order valence-corrected chi connectivity index (χ4v) is 6.68. The van der Waals surface area contributed by atoms with Crippen molar-refractivity contribution in [3.63, 3.8) is 0 Å². The second kappa shape index (κ2) is 4.49. The standard InChI is InChI=1S/C14H17F5N2O2S2/c15-25(16,17,18,19)10-3-1-2-9(6-10)24(22,23)21-7-11-12(8-21)14-5-4-13(11)20-14/h1-3,6,11-14,20H,4-5,7-8H2/t11-,12+,13-,14+. The molecule has 3 fully saturated rings. The highest BCUT2D eigenvalue weighted by Gasteiger charge is 2.65. The number of halogens is 5. The van der Waals surface area contributed by atoms with Crippen LogP contribution in [0.25, 0.3) is 0 Å². The summed E-state index contributed by atoms with van der Waals surface area (Å²) in [4.78, 5) is -2.92. The van der Waals surface area contributed by atoms with E-state index in [0.29, 0.717) is 6.07 Å². The zero-order valence-electron chi connectivity index (χ0n) is 12.9. The molecule has 3 aliphatic heterocycles. The molecule has 4 atom stereocenters. The lowest BCUT2D eigenvalue weighted by atomic mass is 9.82. The van der Waals surface area contributed by atoms with Gasteiger partial charge in [0.2, 0.25) is 10.0 Å². The summed E-state index contributed by atoms with van der Waals surface area (Å²) in [6.07, 6.45) is 1.92. The van der Waals surface area contributed by atoms with Crippen LogP contribution in [-0.2, 0) is 10.0 Å². The lowest BCUT2D eigenvalue weighted by Crippen LogP contribution is -2.35. The largest absolute Gasteiger partial charge is 0.311 e. The van der Waals surface area contributed by atoms with Crippen molar-refractivity contribution in [2.24, 2.45) is 11.8 Å². The summed E-state index contributed by atoms with van der Waals surface area (Å²) < 4.78 is 91.4. The molecule has 3 saturated heterocycles. The molecule has 25 heavy (non-hydrogen) atoms. The quantitative estimate of drug-likeness (QED) is 0.782. The maximum absolute atomic E-state index is 13.0. The van der Waals surface area contributed by atoms with E-state index >= 15 is 0 Å². The molecule has 4 rings (SSSR count). The Labute approximate surface area is 142 Å². The Morgan fingerprint density at radius 1 is 1.00 bits per heavy atom. The molecule has 3 heterocycles. The number of nitrogens with one attached hydrogen (secondary N) is 1. The Morgan fingerprint density at radius 3 is 2.08 bits per heavy atom. The van der Waals surface area contributed by atoms with Crippen LogP contribution in [0.2, 0.25) is 0 Å². The Balaban J connectivity index is 1.66. The smallest absolute Gasteiger partial charge is 0.310 e. The molecule has 4 nitrogen and oxygen atoms in total. The molecule has 0 aliphatic carbocycles. The minimum absolute atomic E-state index is 0.0534. The average Bonchev–Trinajstić information content (AvgIpc) is 3.17. The summed E-state index contributed by atoms with van der Waals surface area (Å²) in [5.74, 6) is 0.264. The summed E-state index contributed by atoms with van der Waals surface area (Å²) in [5, 5.41) is 3.42. The summed E-state index contributed by atoms with van der Waals surface area (Å²) in [6, 6.07) is 2.37. The van der Waals surface area contributed by atoms with E-state index in [1.165, 1.54) is 0 Å². The maximum atomic E-state index is 13.0. The summed E-state index contributed by atoms with van der Waals surface area (Å²) >= 11 is 0. The van der Waals surface area contributed by atoms with Crippen molar-refractivity contribution in [3.8, 4) is 0 Å². The minimum Gasteiger partial charge on any atom is -0.311 e. The molecular formula is C14H17F5N2O2S2. The topological polar surface area (TPSA) is 49.4 Å². The van der Waals surface area contributed by atoms with Crippen LogP contribution in [0.1, 0.15) is 12.8 Å². The molecule has 11 heteroatoms. The van der Waals surface area contributed by atoms with Gasteiger partial charge in [0.05, 0.1) is 4.90 Å². The monoisotopic (exact) mass is 404 g/mol. The Morgan fingerprint density at radius 2 is 1.56 bits per heavy atom. The van der Waals surface area contributed by atoms with Gasteiger partial charge in [-0.25, -0.2) is 8.42 Å². The number of sulfonamides is 1. The van der Waals surface area contributed by atoms with Gasteiger partial charge in [-0.05, 0) is 42.9 Å². The van der Waals surface area contributed by atoms with Crippen LogP contribution in [0.3, 0.4) is 0 Å². The van der Waals surface area contributed by atoms with Crippen molar-refractivity contribution in [1.82, 2.24) is 9.62 Å². The van der Waals surface area contributed by atoms with E-state index in [1.807, 2.05) is 0 Å². The van der Waals surface area contributed by atoms with Crippen molar-refractivity contribution in [2.75, 3.05) is 13.1 Å². The van der Waals surface area contributed by atoms with Gasteiger partial charge in [-0.3, -0.25) is 0 Å². The van der Waals surface area contributed by atoms with Crippen LogP contribution in [0, 0.1) is 11.8 Å². The molecule has 0 radical (unpaired) electrons. The number of hydrogen-bond acceptors (Lipinski definition) is 3. The Hall–Kier alpha value is -0.910. The summed E-state index contributed by atoms with van der Waals surface area (Å²) in [6.45, 7) is 0.420. The number of rotatable bonds is 3. The van der Waals surface area contributed by atoms with E-state index in [4.69, 9.17) is 0 Å². The molecule has 0 amide bonds.